The van der Waals surface area contributed by atoms with E-state index >= 15 is 0 Å². The Hall–Kier alpha value is -0.970. The van der Waals surface area contributed by atoms with Crippen molar-refractivity contribution in [2.75, 3.05) is 13.1 Å². The molecule has 0 aromatic heterocycles. The first-order valence-electron chi connectivity index (χ1n) is 5.10. The van der Waals surface area contributed by atoms with Crippen LogP contribution in [-0.2, 0) is 0 Å². The molecule has 0 aromatic rings. The van der Waals surface area contributed by atoms with Crippen LogP contribution < -0.4 is 16.4 Å². The van der Waals surface area contributed by atoms with Crippen LogP contribution in [0.15, 0.2) is 4.99 Å². The van der Waals surface area contributed by atoms with E-state index in [1.54, 1.807) is 0 Å². The average Bonchev–Trinajstić information content (AvgIpc) is 2.13. The molecule has 0 rings (SSSR count). The molecule has 0 bridgehead atoms. The molecule has 5 nitrogen and oxygen atoms in total. The number of hydrogen-bond acceptors (Lipinski definition) is 2. The van der Waals surface area contributed by atoms with Crippen molar-refractivity contribution >= 4 is 24.3 Å². The monoisotopic (exact) mass is 235 g/mol. The quantitative estimate of drug-likeness (QED) is 0.326. The van der Waals surface area contributed by atoms with E-state index in [9.17, 15) is 0 Å². The maximum Gasteiger partial charge on any atom is 0.198 e. The molecule has 5 N–H and O–H groups in total. The van der Waals surface area contributed by atoms with Gasteiger partial charge in [-0.1, -0.05) is 20.3 Å². The fraction of sp³-hybridized carbons (Fsp3) is 0.778. The maximum atomic E-state index is 7.09. The molecule has 0 saturated carbocycles. The lowest BCUT2D eigenvalue weighted by atomic mass is 10.3. The molecule has 0 spiro atoms. The van der Waals surface area contributed by atoms with Crippen LogP contribution in [0.25, 0.3) is 0 Å². The Labute approximate surface area is 97.8 Å². The van der Waals surface area contributed by atoms with Gasteiger partial charge < -0.3 is 11.1 Å². The molecule has 15 heavy (non-hydrogen) atoms. The maximum absolute atomic E-state index is 7.09. The van der Waals surface area contributed by atoms with E-state index in [-0.39, 0.29) is 18.4 Å². The first-order valence-corrected chi connectivity index (χ1v) is 5.10. The Morgan fingerprint density at radius 2 is 2.00 bits per heavy atom. The summed E-state index contributed by atoms with van der Waals surface area (Å²) in [6.45, 7) is 5.79. The number of nitrogens with zero attached hydrogens (tertiary/aromatic N) is 1. The molecule has 6 heteroatoms. The molecule has 0 heterocycles. The Bertz CT molecular complexity index is 193. The summed E-state index contributed by atoms with van der Waals surface area (Å²) < 4.78 is 0. The second kappa shape index (κ2) is 11.1. The fourth-order valence-corrected chi connectivity index (χ4v) is 0.874. The topological polar surface area (TPSA) is 86.3 Å². The zero-order valence-electron chi connectivity index (χ0n) is 9.47. The summed E-state index contributed by atoms with van der Waals surface area (Å²) >= 11 is 0. The van der Waals surface area contributed by atoms with Crippen LogP contribution in [0.3, 0.4) is 0 Å². The van der Waals surface area contributed by atoms with Crippen molar-refractivity contribution in [2.45, 2.75) is 33.1 Å². The predicted octanol–water partition coefficient (Wildman–Crippen LogP) is 1.05. The van der Waals surface area contributed by atoms with Crippen LogP contribution in [0.4, 0.5) is 0 Å². The van der Waals surface area contributed by atoms with E-state index in [4.69, 9.17) is 11.1 Å². The van der Waals surface area contributed by atoms with Gasteiger partial charge in [0, 0.05) is 13.1 Å². The number of rotatable bonds is 5. The van der Waals surface area contributed by atoms with Crippen LogP contribution in [0.1, 0.15) is 33.1 Å². The van der Waals surface area contributed by atoms with Gasteiger partial charge in [-0.3, -0.25) is 15.7 Å². The van der Waals surface area contributed by atoms with Crippen molar-refractivity contribution in [3.05, 3.63) is 0 Å². The molecule has 90 valence electrons. The van der Waals surface area contributed by atoms with E-state index in [0.29, 0.717) is 5.96 Å². The molecule has 0 aliphatic carbocycles. The van der Waals surface area contributed by atoms with Gasteiger partial charge in [-0.2, -0.15) is 0 Å². The number of aliphatic imine (C=N–C) groups is 1. The average molecular weight is 236 g/mol. The molecule has 0 unspecified atom stereocenters. The van der Waals surface area contributed by atoms with Crippen molar-refractivity contribution < 1.29 is 0 Å². The van der Waals surface area contributed by atoms with Gasteiger partial charge in [0.1, 0.15) is 0 Å². The Morgan fingerprint density at radius 1 is 1.33 bits per heavy atom. The van der Waals surface area contributed by atoms with Gasteiger partial charge in [0.2, 0.25) is 0 Å². The third kappa shape index (κ3) is 11.0. The Morgan fingerprint density at radius 3 is 2.47 bits per heavy atom. The summed E-state index contributed by atoms with van der Waals surface area (Å²) in [6.07, 6.45) is 3.21. The lowest BCUT2D eigenvalue weighted by Gasteiger charge is -2.10. The minimum absolute atomic E-state index is 0. The highest BCUT2D eigenvalue weighted by molar-refractivity contribution is 5.96. The standard InChI is InChI=1S/C9H21N5.ClH/c1-3-5-7-13-9(12-6-4-2)14-8(10)11;/h3-7H2,1-2H3,(H5,10,11,12,13,14);1H. The molecule has 0 amide bonds. The van der Waals surface area contributed by atoms with Gasteiger partial charge in [0.25, 0.3) is 0 Å². The molecule has 0 atom stereocenters. The van der Waals surface area contributed by atoms with Gasteiger partial charge in [0.15, 0.2) is 11.9 Å². The Kier molecular flexibility index (Phi) is 12.2. The Balaban J connectivity index is 0. The normalized spacial score (nSPS) is 10.4. The third-order valence-corrected chi connectivity index (χ3v) is 1.57. The zero-order valence-corrected chi connectivity index (χ0v) is 10.3. The first-order chi connectivity index (χ1) is 6.70. The lowest BCUT2D eigenvalue weighted by Crippen LogP contribution is -2.44. The zero-order chi connectivity index (χ0) is 10.8. The van der Waals surface area contributed by atoms with Crippen LogP contribution in [-0.4, -0.2) is 25.0 Å². The predicted molar refractivity (Wildman–Crippen MR) is 67.8 cm³/mol. The van der Waals surface area contributed by atoms with Crippen molar-refractivity contribution in [3.8, 4) is 0 Å². The van der Waals surface area contributed by atoms with E-state index in [0.717, 1.165) is 32.4 Å². The largest absolute Gasteiger partial charge is 0.370 e. The molecule has 0 aliphatic rings. The molecule has 0 saturated heterocycles. The summed E-state index contributed by atoms with van der Waals surface area (Å²) in [5, 5.41) is 12.9. The van der Waals surface area contributed by atoms with E-state index in [1.165, 1.54) is 0 Å². The van der Waals surface area contributed by atoms with Crippen LogP contribution >= 0.6 is 12.4 Å². The van der Waals surface area contributed by atoms with Crippen molar-refractivity contribution in [3.63, 3.8) is 0 Å². The van der Waals surface area contributed by atoms with Gasteiger partial charge in [-0.05, 0) is 12.8 Å². The van der Waals surface area contributed by atoms with Gasteiger partial charge >= 0.3 is 0 Å². The van der Waals surface area contributed by atoms with Crippen LogP contribution in [0.5, 0.6) is 0 Å². The molecule has 0 radical (unpaired) electrons. The fourth-order valence-electron chi connectivity index (χ4n) is 0.874. The van der Waals surface area contributed by atoms with Crippen LogP contribution in [0, 0.1) is 5.41 Å². The van der Waals surface area contributed by atoms with E-state index in [1.807, 2.05) is 0 Å². The number of hydrogen-bond donors (Lipinski definition) is 4. The first kappa shape index (κ1) is 16.5. The number of halogens is 1. The summed E-state index contributed by atoms with van der Waals surface area (Å²) in [7, 11) is 0. The minimum atomic E-state index is -0.0798. The smallest absolute Gasteiger partial charge is 0.198 e. The van der Waals surface area contributed by atoms with Crippen molar-refractivity contribution in [1.29, 1.82) is 5.41 Å². The summed E-state index contributed by atoms with van der Waals surface area (Å²) in [4.78, 5) is 4.23. The number of guanidine groups is 2. The molecule has 0 fully saturated rings. The summed E-state index contributed by atoms with van der Waals surface area (Å²) in [5.74, 6) is 0.525. The second-order valence-corrected chi connectivity index (χ2v) is 3.05. The van der Waals surface area contributed by atoms with E-state index < -0.39 is 0 Å². The van der Waals surface area contributed by atoms with Crippen molar-refractivity contribution in [2.24, 2.45) is 10.7 Å². The highest BCUT2D eigenvalue weighted by Gasteiger charge is 1.97. The van der Waals surface area contributed by atoms with Gasteiger partial charge in [-0.25, -0.2) is 0 Å². The van der Waals surface area contributed by atoms with Gasteiger partial charge in [-0.15, -0.1) is 12.4 Å². The summed E-state index contributed by atoms with van der Waals surface area (Å²) in [5.41, 5.74) is 5.22. The number of nitrogens with two attached hydrogens (primary N) is 1. The second-order valence-electron chi connectivity index (χ2n) is 3.05. The molecular weight excluding hydrogens is 214 g/mol. The molecule has 0 aliphatic heterocycles. The van der Waals surface area contributed by atoms with Crippen molar-refractivity contribution in [1.82, 2.24) is 10.6 Å². The molecular formula is C9H22ClN5. The third-order valence-electron chi connectivity index (χ3n) is 1.57. The highest BCUT2D eigenvalue weighted by Crippen LogP contribution is 1.83. The highest BCUT2D eigenvalue weighted by atomic mass is 35.5. The SMILES string of the molecule is CCCCNC(=NCCC)NC(=N)N.Cl. The lowest BCUT2D eigenvalue weighted by molar-refractivity contribution is 0.741. The van der Waals surface area contributed by atoms with E-state index in [2.05, 4.69) is 29.5 Å². The number of nitrogens with one attached hydrogen (secondary N) is 3. The van der Waals surface area contributed by atoms with Crippen LogP contribution in [0.2, 0.25) is 0 Å². The number of unbranched alkanes of at least 4 members (excludes halogenated alkanes) is 1. The summed E-state index contributed by atoms with van der Waals surface area (Å²) in [6, 6.07) is 0. The van der Waals surface area contributed by atoms with Gasteiger partial charge in [0.05, 0.1) is 0 Å². The minimum Gasteiger partial charge on any atom is -0.370 e. The molecule has 0 aromatic carbocycles.